The summed E-state index contributed by atoms with van der Waals surface area (Å²) in [5, 5.41) is 25.1. The molecule has 0 amide bonds. The van der Waals surface area contributed by atoms with Crippen molar-refractivity contribution in [2.45, 2.75) is 59.0 Å². The molecule has 7 rings (SSSR count). The van der Waals surface area contributed by atoms with Crippen molar-refractivity contribution >= 4 is 28.9 Å². The Morgan fingerprint density at radius 3 is 2.02 bits per heavy atom. The first-order chi connectivity index (χ1) is 25.0. The molecule has 3 N–H and O–H groups in total. The minimum absolute atomic E-state index is 0.0929. The van der Waals surface area contributed by atoms with E-state index in [1.54, 1.807) is 43.9 Å². The Morgan fingerprint density at radius 1 is 0.808 bits per heavy atom. The molecule has 0 saturated heterocycles. The number of aliphatic hydroxyl groups is 2. The Labute approximate surface area is 300 Å². The molecular formula is C40H38N8O4. The molecule has 5 aliphatic rings. The zero-order chi connectivity index (χ0) is 36.7. The highest BCUT2D eigenvalue weighted by molar-refractivity contribution is 6.18. The Morgan fingerprint density at radius 2 is 1.40 bits per heavy atom. The van der Waals surface area contributed by atoms with Gasteiger partial charge in [-0.1, -0.05) is 12.7 Å². The zero-order valence-electron chi connectivity index (χ0n) is 29.4. The summed E-state index contributed by atoms with van der Waals surface area (Å²) in [6, 6.07) is 0. The number of aliphatic imine (C=N–C) groups is 3. The van der Waals surface area contributed by atoms with Gasteiger partial charge in [-0.2, -0.15) is 0 Å². The molecule has 0 aliphatic carbocycles. The second-order valence-electron chi connectivity index (χ2n) is 13.2. The number of fused-ring (bicyclic) bond motifs is 5. The first kappa shape index (κ1) is 34.2. The lowest BCUT2D eigenvalue weighted by Crippen LogP contribution is -2.29. The minimum atomic E-state index is -1.52. The van der Waals surface area contributed by atoms with Gasteiger partial charge in [0, 0.05) is 54.5 Å². The van der Waals surface area contributed by atoms with Crippen LogP contribution in [0.25, 0.3) is 0 Å². The summed E-state index contributed by atoms with van der Waals surface area (Å²) in [6.45, 7) is 11.6. The summed E-state index contributed by atoms with van der Waals surface area (Å²) in [5.74, 6) is -0.204. The number of hydrogen-bond acceptors (Lipinski definition) is 10. The fraction of sp³-hybridized carbons (Fsp3) is 0.225. The molecule has 8 bridgehead atoms. The van der Waals surface area contributed by atoms with Gasteiger partial charge >= 0.3 is 0 Å². The molecule has 0 aromatic carbocycles. The normalized spacial score (nSPS) is 21.3. The van der Waals surface area contributed by atoms with E-state index >= 15 is 0 Å². The van der Waals surface area contributed by atoms with Crippen LogP contribution >= 0.6 is 0 Å². The third kappa shape index (κ3) is 6.07. The third-order valence-electron chi connectivity index (χ3n) is 10.0. The molecule has 7 heterocycles. The minimum Gasteiger partial charge on any atom is -0.516 e. The zero-order valence-corrected chi connectivity index (χ0v) is 29.4. The smallest absolute Gasteiger partial charge is 0.232 e. The van der Waals surface area contributed by atoms with Crippen molar-refractivity contribution in [2.75, 3.05) is 0 Å². The Kier molecular flexibility index (Phi) is 8.85. The number of nitrogens with one attached hydrogen (secondary N) is 1. The number of aromatic nitrogens is 4. The number of rotatable bonds is 8. The quantitative estimate of drug-likeness (QED) is 0.272. The summed E-state index contributed by atoms with van der Waals surface area (Å²) in [4.78, 5) is 49.3. The Balaban J connectivity index is 1.40. The third-order valence-corrected chi connectivity index (χ3v) is 10.0. The van der Waals surface area contributed by atoms with Crippen LogP contribution in [0.1, 0.15) is 63.0 Å². The molecule has 0 fully saturated rings. The van der Waals surface area contributed by atoms with Gasteiger partial charge in [-0.15, -0.1) is 0 Å². The largest absolute Gasteiger partial charge is 0.516 e. The van der Waals surface area contributed by atoms with Crippen molar-refractivity contribution in [1.82, 2.24) is 24.4 Å². The number of allylic oxidation sites excluding steroid dienone is 11. The number of aliphatic hydroxyl groups excluding tert-OH is 1. The van der Waals surface area contributed by atoms with E-state index in [9.17, 15) is 19.8 Å². The van der Waals surface area contributed by atoms with E-state index in [0.29, 0.717) is 64.0 Å². The Hall–Kier alpha value is -6.27. The highest BCUT2D eigenvalue weighted by Crippen LogP contribution is 2.40. The lowest BCUT2D eigenvalue weighted by atomic mass is 9.92. The molecule has 5 aliphatic heterocycles. The number of nitrogens with zero attached hydrogens (tertiary/aromatic N) is 7. The van der Waals surface area contributed by atoms with Crippen molar-refractivity contribution in [3.63, 3.8) is 0 Å². The van der Waals surface area contributed by atoms with Crippen molar-refractivity contribution < 1.29 is 19.8 Å². The maximum absolute atomic E-state index is 13.1. The van der Waals surface area contributed by atoms with Gasteiger partial charge in [0.15, 0.2) is 0 Å². The molecule has 0 saturated carbocycles. The van der Waals surface area contributed by atoms with Crippen LogP contribution in [0, 0.1) is 0 Å². The monoisotopic (exact) mass is 694 g/mol. The van der Waals surface area contributed by atoms with Gasteiger partial charge in [-0.05, 0) is 98.8 Å². The fourth-order valence-electron chi connectivity index (χ4n) is 6.94. The first-order valence-corrected chi connectivity index (χ1v) is 17.0. The summed E-state index contributed by atoms with van der Waals surface area (Å²) >= 11 is 0. The standard InChI is InChI=1S/C40H38N8O4/c1-6-26-23(2)31-18-36-29(11-16-49)40(5,52)37(46-36)20-32-25(4)28(8-10-39(51)48-15-13-42-22-48)35(45-32)19-34-27(7-9-38(50)47-14-12-41-21-47)24(3)30(44-34)17-33(26)43-31/h6,11-22,46,49,52H,1,7-10H2,2-5H3/b16-11+,30-17?,31-18?,35-19?,37-20?. The molecule has 12 nitrogen and oxygen atoms in total. The maximum Gasteiger partial charge on any atom is 0.232 e. The summed E-state index contributed by atoms with van der Waals surface area (Å²) in [7, 11) is 0. The van der Waals surface area contributed by atoms with Crippen LogP contribution in [0.5, 0.6) is 0 Å². The van der Waals surface area contributed by atoms with Gasteiger partial charge in [0.2, 0.25) is 11.8 Å². The topological polar surface area (TPSA) is 159 Å². The van der Waals surface area contributed by atoms with Crippen molar-refractivity contribution in [3.05, 3.63) is 154 Å². The van der Waals surface area contributed by atoms with E-state index in [4.69, 9.17) is 15.0 Å². The molecule has 262 valence electrons. The summed E-state index contributed by atoms with van der Waals surface area (Å²) < 4.78 is 2.93. The highest BCUT2D eigenvalue weighted by Gasteiger charge is 2.39. The van der Waals surface area contributed by atoms with Crippen LogP contribution < -0.4 is 5.32 Å². The number of carbonyl (C=O) groups excluding carboxylic acids is 2. The molecule has 2 aromatic rings. The Bertz CT molecular complexity index is 2310. The van der Waals surface area contributed by atoms with E-state index in [0.717, 1.165) is 39.7 Å². The molecule has 52 heavy (non-hydrogen) atoms. The summed E-state index contributed by atoms with van der Waals surface area (Å²) in [5.41, 5.74) is 9.10. The predicted octanol–water partition coefficient (Wildman–Crippen LogP) is 6.35. The van der Waals surface area contributed by atoms with E-state index in [-0.39, 0.29) is 24.7 Å². The number of hydrogen-bond donors (Lipinski definition) is 3. The molecule has 0 spiro atoms. The first-order valence-electron chi connectivity index (χ1n) is 17.0. The van der Waals surface area contributed by atoms with Crippen LogP contribution in [0.15, 0.2) is 169 Å². The lowest BCUT2D eigenvalue weighted by molar-refractivity contribution is 0.0895. The van der Waals surface area contributed by atoms with Crippen LogP contribution in [-0.2, 0) is 0 Å². The molecule has 1 unspecified atom stereocenters. The van der Waals surface area contributed by atoms with Gasteiger partial charge in [-0.25, -0.2) is 24.9 Å². The van der Waals surface area contributed by atoms with Crippen LogP contribution in [0.3, 0.4) is 0 Å². The van der Waals surface area contributed by atoms with Crippen LogP contribution in [0.2, 0.25) is 0 Å². The maximum atomic E-state index is 13.1. The number of imidazole rings is 2. The molecule has 12 heteroatoms. The van der Waals surface area contributed by atoms with Gasteiger partial charge in [0.05, 0.1) is 46.2 Å². The molecule has 0 radical (unpaired) electrons. The second kappa shape index (κ2) is 13.5. The van der Waals surface area contributed by atoms with Gasteiger partial charge in [0.1, 0.15) is 18.3 Å². The predicted molar refractivity (Wildman–Crippen MR) is 200 cm³/mol. The molecular weight excluding hydrogens is 656 g/mol. The fourth-order valence-corrected chi connectivity index (χ4v) is 6.94. The lowest BCUT2D eigenvalue weighted by Gasteiger charge is -2.20. The average Bonchev–Trinajstić information content (AvgIpc) is 3.97. The van der Waals surface area contributed by atoms with Crippen LogP contribution in [-0.4, -0.2) is 63.9 Å². The van der Waals surface area contributed by atoms with E-state index in [1.807, 2.05) is 39.0 Å². The second-order valence-corrected chi connectivity index (χ2v) is 13.2. The van der Waals surface area contributed by atoms with Gasteiger partial charge in [-0.3, -0.25) is 18.7 Å². The van der Waals surface area contributed by atoms with Crippen molar-refractivity contribution in [2.24, 2.45) is 15.0 Å². The average molecular weight is 695 g/mol. The van der Waals surface area contributed by atoms with E-state index < -0.39 is 5.60 Å². The van der Waals surface area contributed by atoms with Crippen molar-refractivity contribution in [3.8, 4) is 0 Å². The van der Waals surface area contributed by atoms with Gasteiger partial charge in [0.25, 0.3) is 0 Å². The number of carbonyl (C=O) groups is 2. The van der Waals surface area contributed by atoms with Crippen LogP contribution in [0.4, 0.5) is 0 Å². The van der Waals surface area contributed by atoms with Crippen molar-refractivity contribution in [1.29, 1.82) is 0 Å². The molecule has 1 atom stereocenters. The molecule has 2 aromatic heterocycles. The van der Waals surface area contributed by atoms with Gasteiger partial charge < -0.3 is 15.5 Å². The summed E-state index contributed by atoms with van der Waals surface area (Å²) in [6.07, 6.45) is 22.2. The van der Waals surface area contributed by atoms with E-state index in [1.165, 1.54) is 27.9 Å². The SMILES string of the molecule is C=CC1=C(C)C2=CC3=C(/C=C/O)C(C)(O)C(=CC4=NC(=CC5=NC(=CC1=N2)C(C)=C5CCC(=O)n1ccnc1)C(CCC(=O)n1ccnc1)=C4C)N3. The highest BCUT2D eigenvalue weighted by atomic mass is 16.3. The van der Waals surface area contributed by atoms with E-state index in [2.05, 4.69) is 21.9 Å².